The number of hydrogen-bond donors (Lipinski definition) is 1. The molecule has 0 amide bonds. The molecule has 0 aliphatic heterocycles. The number of ether oxygens (including phenoxy) is 1. The molecular formula is C15H17FN2O. The van der Waals surface area contributed by atoms with E-state index in [-0.39, 0.29) is 11.9 Å². The van der Waals surface area contributed by atoms with E-state index in [0.717, 1.165) is 11.1 Å². The van der Waals surface area contributed by atoms with Gasteiger partial charge in [-0.1, -0.05) is 0 Å². The molecule has 1 heterocycles. The average Bonchev–Trinajstić information content (AvgIpc) is 2.46. The number of pyridine rings is 1. The van der Waals surface area contributed by atoms with Gasteiger partial charge in [0.05, 0.1) is 7.11 Å². The van der Waals surface area contributed by atoms with Gasteiger partial charge in [-0.05, 0) is 42.8 Å². The third-order valence-electron chi connectivity index (χ3n) is 3.02. The van der Waals surface area contributed by atoms with E-state index < -0.39 is 0 Å². The van der Waals surface area contributed by atoms with E-state index in [1.165, 1.54) is 12.1 Å². The van der Waals surface area contributed by atoms with Gasteiger partial charge in [-0.25, -0.2) is 4.39 Å². The minimum atomic E-state index is -0.256. The Kier molecular flexibility index (Phi) is 4.47. The first-order chi connectivity index (χ1) is 9.20. The normalized spacial score (nSPS) is 12.2. The predicted octanol–water partition coefficient (Wildman–Crippen LogP) is 3.08. The lowest BCUT2D eigenvalue weighted by molar-refractivity contribution is 0.399. The lowest BCUT2D eigenvalue weighted by Crippen LogP contribution is -2.18. The van der Waals surface area contributed by atoms with Crippen LogP contribution in [0.15, 0.2) is 42.7 Å². The van der Waals surface area contributed by atoms with Crippen LogP contribution in [0.3, 0.4) is 0 Å². The molecule has 1 aromatic heterocycles. The zero-order valence-corrected chi connectivity index (χ0v) is 11.1. The van der Waals surface area contributed by atoms with E-state index in [9.17, 15) is 4.39 Å². The fourth-order valence-electron chi connectivity index (χ4n) is 1.93. The summed E-state index contributed by atoms with van der Waals surface area (Å²) in [5.41, 5.74) is 1.95. The van der Waals surface area contributed by atoms with Crippen LogP contribution in [0, 0.1) is 5.82 Å². The summed E-state index contributed by atoms with van der Waals surface area (Å²) in [6.07, 6.45) is 3.51. The summed E-state index contributed by atoms with van der Waals surface area (Å²) in [5.74, 6) is 0.435. The molecule has 1 atom stereocenters. The third kappa shape index (κ3) is 3.51. The first kappa shape index (κ1) is 13.5. The molecule has 0 aliphatic carbocycles. The van der Waals surface area contributed by atoms with Gasteiger partial charge in [0.2, 0.25) is 0 Å². The molecule has 0 radical (unpaired) electrons. The van der Waals surface area contributed by atoms with Crippen LogP contribution >= 0.6 is 0 Å². The molecular weight excluding hydrogens is 243 g/mol. The van der Waals surface area contributed by atoms with Crippen molar-refractivity contribution in [3.63, 3.8) is 0 Å². The number of nitrogens with one attached hydrogen (secondary N) is 1. The Morgan fingerprint density at radius 1 is 1.26 bits per heavy atom. The molecule has 3 nitrogen and oxygen atoms in total. The Labute approximate surface area is 112 Å². The van der Waals surface area contributed by atoms with Crippen molar-refractivity contribution in [1.82, 2.24) is 10.3 Å². The Morgan fingerprint density at radius 3 is 2.68 bits per heavy atom. The maximum absolute atomic E-state index is 13.3. The summed E-state index contributed by atoms with van der Waals surface area (Å²) in [6.45, 7) is 2.68. The van der Waals surface area contributed by atoms with Crippen molar-refractivity contribution < 1.29 is 9.13 Å². The SMILES string of the molecule is COc1ccc(F)cc1C(C)NCc1ccncc1. The van der Waals surface area contributed by atoms with E-state index in [1.54, 1.807) is 25.6 Å². The van der Waals surface area contributed by atoms with Crippen molar-refractivity contribution in [1.29, 1.82) is 0 Å². The Balaban J connectivity index is 2.07. The van der Waals surface area contributed by atoms with Crippen LogP contribution in [-0.2, 0) is 6.54 Å². The molecule has 1 unspecified atom stereocenters. The highest BCUT2D eigenvalue weighted by atomic mass is 19.1. The monoisotopic (exact) mass is 260 g/mol. The van der Waals surface area contributed by atoms with Gasteiger partial charge in [-0.2, -0.15) is 0 Å². The molecule has 100 valence electrons. The zero-order chi connectivity index (χ0) is 13.7. The van der Waals surface area contributed by atoms with Crippen LogP contribution in [0.4, 0.5) is 4.39 Å². The van der Waals surface area contributed by atoms with Gasteiger partial charge in [-0.3, -0.25) is 4.98 Å². The van der Waals surface area contributed by atoms with Gasteiger partial charge >= 0.3 is 0 Å². The molecule has 2 aromatic rings. The zero-order valence-electron chi connectivity index (χ0n) is 11.1. The van der Waals surface area contributed by atoms with Crippen molar-refractivity contribution in [2.24, 2.45) is 0 Å². The Hall–Kier alpha value is -1.94. The fraction of sp³-hybridized carbons (Fsp3) is 0.267. The van der Waals surface area contributed by atoms with Gasteiger partial charge < -0.3 is 10.1 Å². The highest BCUT2D eigenvalue weighted by Gasteiger charge is 2.12. The smallest absolute Gasteiger partial charge is 0.123 e. The maximum atomic E-state index is 13.3. The number of methoxy groups -OCH3 is 1. The van der Waals surface area contributed by atoms with E-state index >= 15 is 0 Å². The minimum Gasteiger partial charge on any atom is -0.496 e. The van der Waals surface area contributed by atoms with Crippen LogP contribution < -0.4 is 10.1 Å². The first-order valence-corrected chi connectivity index (χ1v) is 6.16. The van der Waals surface area contributed by atoms with Gasteiger partial charge in [0.1, 0.15) is 11.6 Å². The van der Waals surface area contributed by atoms with Crippen molar-refractivity contribution in [2.45, 2.75) is 19.5 Å². The summed E-state index contributed by atoms with van der Waals surface area (Å²) >= 11 is 0. The predicted molar refractivity (Wildman–Crippen MR) is 72.4 cm³/mol. The second-order valence-corrected chi connectivity index (χ2v) is 4.34. The summed E-state index contributed by atoms with van der Waals surface area (Å²) in [6, 6.07) is 8.44. The largest absolute Gasteiger partial charge is 0.496 e. The number of aromatic nitrogens is 1. The van der Waals surface area contributed by atoms with Crippen LogP contribution in [0.5, 0.6) is 5.75 Å². The highest BCUT2D eigenvalue weighted by molar-refractivity contribution is 5.36. The Morgan fingerprint density at radius 2 is 2.00 bits per heavy atom. The molecule has 0 saturated carbocycles. The molecule has 0 bridgehead atoms. The van der Waals surface area contributed by atoms with E-state index in [2.05, 4.69) is 10.3 Å². The second kappa shape index (κ2) is 6.29. The Bertz CT molecular complexity index is 531. The molecule has 2 rings (SSSR count). The molecule has 0 aliphatic rings. The topological polar surface area (TPSA) is 34.1 Å². The van der Waals surface area contributed by atoms with Crippen LogP contribution in [-0.4, -0.2) is 12.1 Å². The van der Waals surface area contributed by atoms with Crippen LogP contribution in [0.1, 0.15) is 24.1 Å². The number of rotatable bonds is 5. The van der Waals surface area contributed by atoms with Crippen LogP contribution in [0.25, 0.3) is 0 Å². The minimum absolute atomic E-state index is 0.00110. The third-order valence-corrected chi connectivity index (χ3v) is 3.02. The standard InChI is InChI=1S/C15H17FN2O/c1-11(18-10-12-5-7-17-8-6-12)14-9-13(16)3-4-15(14)19-2/h3-9,11,18H,10H2,1-2H3. The summed E-state index contributed by atoms with van der Waals surface area (Å²) in [5, 5.41) is 3.34. The molecule has 1 aromatic carbocycles. The summed E-state index contributed by atoms with van der Waals surface area (Å²) in [7, 11) is 1.59. The molecule has 4 heteroatoms. The van der Waals surface area contributed by atoms with Crippen molar-refractivity contribution in [2.75, 3.05) is 7.11 Å². The lowest BCUT2D eigenvalue weighted by atomic mass is 10.1. The molecule has 0 saturated heterocycles. The molecule has 1 N–H and O–H groups in total. The average molecular weight is 260 g/mol. The quantitative estimate of drug-likeness (QED) is 0.897. The van der Waals surface area contributed by atoms with Gasteiger partial charge in [-0.15, -0.1) is 0 Å². The van der Waals surface area contributed by atoms with E-state index in [4.69, 9.17) is 4.74 Å². The summed E-state index contributed by atoms with van der Waals surface area (Å²) in [4.78, 5) is 3.97. The van der Waals surface area contributed by atoms with Gasteiger partial charge in [0.25, 0.3) is 0 Å². The number of benzene rings is 1. The molecule has 0 spiro atoms. The maximum Gasteiger partial charge on any atom is 0.123 e. The molecule has 0 fully saturated rings. The highest BCUT2D eigenvalue weighted by Crippen LogP contribution is 2.25. The summed E-state index contributed by atoms with van der Waals surface area (Å²) < 4.78 is 18.6. The van der Waals surface area contributed by atoms with Crippen molar-refractivity contribution in [3.05, 3.63) is 59.7 Å². The fourth-order valence-corrected chi connectivity index (χ4v) is 1.93. The lowest BCUT2D eigenvalue weighted by Gasteiger charge is -2.17. The molecule has 19 heavy (non-hydrogen) atoms. The van der Waals surface area contributed by atoms with Crippen LogP contribution in [0.2, 0.25) is 0 Å². The van der Waals surface area contributed by atoms with Crippen molar-refractivity contribution in [3.8, 4) is 5.75 Å². The number of nitrogens with zero attached hydrogens (tertiary/aromatic N) is 1. The number of halogens is 1. The van der Waals surface area contributed by atoms with Crippen molar-refractivity contribution >= 4 is 0 Å². The number of hydrogen-bond acceptors (Lipinski definition) is 3. The first-order valence-electron chi connectivity index (χ1n) is 6.16. The second-order valence-electron chi connectivity index (χ2n) is 4.34. The van der Waals surface area contributed by atoms with Gasteiger partial charge in [0, 0.05) is 30.5 Å². The van der Waals surface area contributed by atoms with E-state index in [0.29, 0.717) is 12.3 Å². The van der Waals surface area contributed by atoms with Gasteiger partial charge in [0.15, 0.2) is 0 Å². The van der Waals surface area contributed by atoms with E-state index in [1.807, 2.05) is 19.1 Å².